The minimum atomic E-state index is -1.03. The molecule has 1 fully saturated rings. The monoisotopic (exact) mass is 369 g/mol. The normalized spacial score (nSPS) is 20.3. The highest BCUT2D eigenvalue weighted by Gasteiger charge is 2.34. The molecule has 0 spiro atoms. The van der Waals surface area contributed by atoms with E-state index < -0.39 is 5.97 Å². The first-order valence-corrected chi connectivity index (χ1v) is 9.14. The van der Waals surface area contributed by atoms with Gasteiger partial charge >= 0.3 is 5.97 Å². The molecular formula is C20H23N3O4. The Morgan fingerprint density at radius 1 is 1.15 bits per heavy atom. The van der Waals surface area contributed by atoms with Gasteiger partial charge in [-0.05, 0) is 18.7 Å². The van der Waals surface area contributed by atoms with Gasteiger partial charge in [0.25, 0.3) is 5.91 Å². The molecule has 1 amide bonds. The maximum Gasteiger partial charge on any atom is 0.337 e. The lowest BCUT2D eigenvalue weighted by Gasteiger charge is -2.40. The van der Waals surface area contributed by atoms with Crippen LogP contribution in [0.1, 0.15) is 38.1 Å². The Labute approximate surface area is 157 Å². The summed E-state index contributed by atoms with van der Waals surface area (Å²) in [5.41, 5.74) is 2.26. The maximum absolute atomic E-state index is 13.5. The van der Waals surface area contributed by atoms with Gasteiger partial charge in [-0.15, -0.1) is 0 Å². The third kappa shape index (κ3) is 3.24. The molecule has 1 atom stereocenters. The van der Waals surface area contributed by atoms with Crippen LogP contribution in [0.4, 0.5) is 0 Å². The zero-order chi connectivity index (χ0) is 19.0. The minimum absolute atomic E-state index is 0.0586. The second kappa shape index (κ2) is 7.17. The first-order chi connectivity index (χ1) is 13.1. The average Bonchev–Trinajstić information content (AvgIpc) is 3.08. The summed E-state index contributed by atoms with van der Waals surface area (Å²) in [5, 5.41) is 9.51. The van der Waals surface area contributed by atoms with Gasteiger partial charge in [-0.2, -0.15) is 0 Å². The number of piperazine rings is 1. The van der Waals surface area contributed by atoms with E-state index in [1.54, 1.807) is 0 Å². The number of carbonyl (C=O) groups excluding carboxylic acids is 1. The van der Waals surface area contributed by atoms with E-state index in [1.165, 1.54) is 6.07 Å². The van der Waals surface area contributed by atoms with E-state index in [0.717, 1.165) is 18.7 Å². The van der Waals surface area contributed by atoms with Crippen molar-refractivity contribution in [2.75, 3.05) is 33.3 Å². The summed E-state index contributed by atoms with van der Waals surface area (Å²) in [7, 11) is 2.05. The number of fused-ring (bicyclic) bond motifs is 1. The molecule has 2 aromatic rings. The molecule has 1 N–H and O–H groups in total. The molecule has 2 aliphatic heterocycles. The Morgan fingerprint density at radius 3 is 2.67 bits per heavy atom. The molecule has 27 heavy (non-hydrogen) atoms. The number of nitrogens with zero attached hydrogens (tertiary/aromatic N) is 3. The summed E-state index contributed by atoms with van der Waals surface area (Å²) in [6.07, 6.45) is 0. The zero-order valence-electron chi connectivity index (χ0n) is 15.3. The third-order valence-corrected chi connectivity index (χ3v) is 5.38. The predicted molar refractivity (Wildman–Crippen MR) is 98.8 cm³/mol. The molecule has 0 aliphatic carbocycles. The van der Waals surface area contributed by atoms with E-state index >= 15 is 0 Å². The highest BCUT2D eigenvalue weighted by Crippen LogP contribution is 2.29. The number of carboxylic acids is 1. The number of ether oxygens (including phenoxy) is 1. The predicted octanol–water partition coefficient (Wildman–Crippen LogP) is 1.85. The Bertz CT molecular complexity index is 862. The van der Waals surface area contributed by atoms with Crippen molar-refractivity contribution < 1.29 is 19.4 Å². The number of rotatable bonds is 3. The molecule has 4 rings (SSSR count). The lowest BCUT2D eigenvalue weighted by molar-refractivity contribution is 0.0467. The van der Waals surface area contributed by atoms with E-state index in [1.807, 2.05) is 39.8 Å². The van der Waals surface area contributed by atoms with E-state index in [0.29, 0.717) is 31.1 Å². The number of likely N-dealkylation sites (N-methyl/N-ethyl adjacent to an activating group) is 1. The summed E-state index contributed by atoms with van der Waals surface area (Å²) in [6, 6.07) is 11.4. The second-order valence-electron chi connectivity index (χ2n) is 7.09. The van der Waals surface area contributed by atoms with Gasteiger partial charge < -0.3 is 24.2 Å². The van der Waals surface area contributed by atoms with Gasteiger partial charge in [-0.25, -0.2) is 4.79 Å². The van der Waals surface area contributed by atoms with Crippen LogP contribution < -0.4 is 0 Å². The molecule has 0 bridgehead atoms. The fourth-order valence-corrected chi connectivity index (χ4v) is 3.96. The molecule has 142 valence electrons. The van der Waals surface area contributed by atoms with E-state index in [-0.39, 0.29) is 24.1 Å². The van der Waals surface area contributed by atoms with Gasteiger partial charge in [0.1, 0.15) is 5.69 Å². The van der Waals surface area contributed by atoms with Crippen LogP contribution in [0.15, 0.2) is 36.4 Å². The topological polar surface area (TPSA) is 75.0 Å². The highest BCUT2D eigenvalue weighted by molar-refractivity contribution is 5.98. The summed E-state index contributed by atoms with van der Waals surface area (Å²) in [4.78, 5) is 29.2. The Morgan fingerprint density at radius 2 is 1.93 bits per heavy atom. The number of benzene rings is 1. The van der Waals surface area contributed by atoms with Crippen molar-refractivity contribution in [2.24, 2.45) is 0 Å². The summed E-state index contributed by atoms with van der Waals surface area (Å²) in [6.45, 7) is 3.34. The van der Waals surface area contributed by atoms with Crippen molar-refractivity contribution >= 4 is 11.9 Å². The molecule has 1 unspecified atom stereocenters. The van der Waals surface area contributed by atoms with Crippen molar-refractivity contribution in [3.63, 3.8) is 0 Å². The van der Waals surface area contributed by atoms with E-state index in [9.17, 15) is 14.7 Å². The first kappa shape index (κ1) is 17.8. The van der Waals surface area contributed by atoms with Gasteiger partial charge in [0.2, 0.25) is 0 Å². The van der Waals surface area contributed by atoms with Crippen LogP contribution >= 0.6 is 0 Å². The largest absolute Gasteiger partial charge is 0.478 e. The Hall–Kier alpha value is -2.64. The SMILES string of the molecule is CN1CCN(C(=O)c2cc(C(=O)O)c3n2CCOC3)C(c2ccccc2)C1. The van der Waals surface area contributed by atoms with E-state index in [2.05, 4.69) is 11.9 Å². The summed E-state index contributed by atoms with van der Waals surface area (Å²) in [5.74, 6) is -1.14. The summed E-state index contributed by atoms with van der Waals surface area (Å²) >= 11 is 0. The maximum atomic E-state index is 13.5. The number of hydrogen-bond acceptors (Lipinski definition) is 4. The highest BCUT2D eigenvalue weighted by atomic mass is 16.5. The van der Waals surface area contributed by atoms with Crippen molar-refractivity contribution in [1.82, 2.24) is 14.4 Å². The number of hydrogen-bond donors (Lipinski definition) is 1. The van der Waals surface area contributed by atoms with Crippen molar-refractivity contribution in [1.29, 1.82) is 0 Å². The molecule has 1 aromatic carbocycles. The molecule has 3 heterocycles. The molecule has 7 heteroatoms. The molecule has 0 radical (unpaired) electrons. The summed E-state index contributed by atoms with van der Waals surface area (Å²) < 4.78 is 7.23. The van der Waals surface area contributed by atoms with Gasteiger partial charge in [0, 0.05) is 26.2 Å². The van der Waals surface area contributed by atoms with Gasteiger partial charge in [-0.3, -0.25) is 4.79 Å². The van der Waals surface area contributed by atoms with Crippen molar-refractivity contribution in [2.45, 2.75) is 19.2 Å². The van der Waals surface area contributed by atoms with Crippen molar-refractivity contribution in [3.8, 4) is 0 Å². The van der Waals surface area contributed by atoms with Gasteiger partial charge in [0.15, 0.2) is 0 Å². The molecule has 2 aliphatic rings. The molecule has 7 nitrogen and oxygen atoms in total. The zero-order valence-corrected chi connectivity index (χ0v) is 15.3. The quantitative estimate of drug-likeness (QED) is 0.894. The van der Waals surface area contributed by atoms with Crippen LogP contribution in [0, 0.1) is 0 Å². The number of aromatic carboxylic acids is 1. The molecule has 1 aromatic heterocycles. The fourth-order valence-electron chi connectivity index (χ4n) is 3.96. The Kier molecular flexibility index (Phi) is 4.72. The van der Waals surface area contributed by atoms with Gasteiger partial charge in [0.05, 0.1) is 30.5 Å². The fraction of sp³-hybridized carbons (Fsp3) is 0.400. The van der Waals surface area contributed by atoms with Gasteiger partial charge in [-0.1, -0.05) is 30.3 Å². The molecule has 1 saturated heterocycles. The number of amides is 1. The van der Waals surface area contributed by atoms with Crippen LogP contribution in [-0.4, -0.2) is 64.6 Å². The minimum Gasteiger partial charge on any atom is -0.478 e. The number of carbonyl (C=O) groups is 2. The first-order valence-electron chi connectivity index (χ1n) is 9.14. The lowest BCUT2D eigenvalue weighted by atomic mass is 10.0. The second-order valence-corrected chi connectivity index (χ2v) is 7.09. The van der Waals surface area contributed by atoms with Crippen LogP contribution in [0.3, 0.4) is 0 Å². The van der Waals surface area contributed by atoms with E-state index in [4.69, 9.17) is 4.74 Å². The average molecular weight is 369 g/mol. The number of aromatic nitrogens is 1. The standard InChI is InChI=1S/C20H23N3O4/c1-21-7-8-23(17(12-21)14-5-3-2-4-6-14)19(24)16-11-15(20(25)26)18-13-27-10-9-22(16)18/h2-6,11,17H,7-10,12-13H2,1H3,(H,25,26). The van der Waals surface area contributed by atoms with Crippen molar-refractivity contribution in [3.05, 3.63) is 58.9 Å². The van der Waals surface area contributed by atoms with Crippen LogP contribution in [0.2, 0.25) is 0 Å². The smallest absolute Gasteiger partial charge is 0.337 e. The third-order valence-electron chi connectivity index (χ3n) is 5.38. The molecule has 0 saturated carbocycles. The Balaban J connectivity index is 1.72. The molecular weight excluding hydrogens is 346 g/mol. The number of carboxylic acid groups (broad SMARTS) is 1. The van der Waals surface area contributed by atoms with Crippen LogP contribution in [0.5, 0.6) is 0 Å². The van der Waals surface area contributed by atoms with Crippen LogP contribution in [-0.2, 0) is 17.9 Å². The van der Waals surface area contributed by atoms with Crippen LogP contribution in [0.25, 0.3) is 0 Å². The lowest BCUT2D eigenvalue weighted by Crippen LogP contribution is -2.49.